The van der Waals surface area contributed by atoms with E-state index in [1.165, 1.54) is 0 Å². The number of nitrogens with zero attached hydrogens (tertiary/aromatic N) is 1. The van der Waals surface area contributed by atoms with Crippen molar-refractivity contribution in [1.82, 2.24) is 4.57 Å². The Morgan fingerprint density at radius 3 is 2.47 bits per heavy atom. The molecule has 1 saturated heterocycles. The molecular formula is C10H21N2O2Si. The largest absolute Gasteiger partial charge is 0.394 e. The predicted molar refractivity (Wildman–Crippen MR) is 61.6 cm³/mol. The molecule has 4 nitrogen and oxygen atoms in total. The molecule has 0 aromatic carbocycles. The van der Waals surface area contributed by atoms with Gasteiger partial charge in [0.05, 0.1) is 12.6 Å². The molecule has 0 aromatic heterocycles. The van der Waals surface area contributed by atoms with Gasteiger partial charge in [0.15, 0.2) is 8.96 Å². The first-order valence-corrected chi connectivity index (χ1v) is 7.45. The minimum absolute atomic E-state index is 0.00897. The lowest BCUT2D eigenvalue weighted by atomic mass is 10.0. The van der Waals surface area contributed by atoms with Gasteiger partial charge in [0.2, 0.25) is 5.91 Å². The van der Waals surface area contributed by atoms with E-state index >= 15 is 0 Å². The first kappa shape index (κ1) is 12.7. The van der Waals surface area contributed by atoms with Gasteiger partial charge in [0.1, 0.15) is 6.04 Å². The van der Waals surface area contributed by atoms with E-state index in [2.05, 4.69) is 27.3 Å². The van der Waals surface area contributed by atoms with Crippen molar-refractivity contribution < 1.29 is 9.90 Å². The molecule has 1 heterocycles. The Kier molecular flexibility index (Phi) is 3.58. The number of carbonyl (C=O) groups excluding carboxylic acids is 1. The van der Waals surface area contributed by atoms with Crippen LogP contribution >= 0.6 is 0 Å². The Bertz CT molecular complexity index is 252. The van der Waals surface area contributed by atoms with Crippen molar-refractivity contribution in [3.8, 4) is 0 Å². The molecule has 2 atom stereocenters. The summed E-state index contributed by atoms with van der Waals surface area (Å²) in [6.07, 6.45) is 0. The fraction of sp³-hybridized carbons (Fsp3) is 0.900. The minimum Gasteiger partial charge on any atom is -0.394 e. The molecule has 0 spiro atoms. The summed E-state index contributed by atoms with van der Waals surface area (Å²) in [6, 6.07) is 0.403. The fourth-order valence-corrected chi connectivity index (χ4v) is 5.13. The Labute approximate surface area is 93.1 Å². The molecule has 15 heavy (non-hydrogen) atoms. The van der Waals surface area contributed by atoms with E-state index in [1.54, 1.807) is 0 Å². The summed E-state index contributed by atoms with van der Waals surface area (Å²) in [5, 5.41) is 9.13. The van der Waals surface area contributed by atoms with Crippen molar-refractivity contribution in [2.75, 3.05) is 6.61 Å². The van der Waals surface area contributed by atoms with Gasteiger partial charge in [-0.1, -0.05) is 27.3 Å². The van der Waals surface area contributed by atoms with E-state index in [-0.39, 0.29) is 24.0 Å². The van der Waals surface area contributed by atoms with E-state index in [1.807, 2.05) is 4.57 Å². The van der Waals surface area contributed by atoms with Crippen LogP contribution in [-0.4, -0.2) is 43.2 Å². The molecule has 0 saturated carbocycles. The number of β-lactam (4-membered cyclic amide) rings is 1. The van der Waals surface area contributed by atoms with Crippen LogP contribution in [0.5, 0.6) is 0 Å². The molecule has 1 fully saturated rings. The highest BCUT2D eigenvalue weighted by Gasteiger charge is 2.47. The van der Waals surface area contributed by atoms with Gasteiger partial charge in [-0.25, -0.2) is 0 Å². The van der Waals surface area contributed by atoms with Crippen molar-refractivity contribution in [3.63, 3.8) is 0 Å². The highest BCUT2D eigenvalue weighted by molar-refractivity contribution is 6.58. The van der Waals surface area contributed by atoms with Crippen LogP contribution in [0.1, 0.15) is 20.8 Å². The van der Waals surface area contributed by atoms with Gasteiger partial charge in [-0.05, 0) is 11.5 Å². The number of nitrogens with two attached hydrogens (primary N) is 1. The van der Waals surface area contributed by atoms with Crippen LogP contribution in [0.4, 0.5) is 0 Å². The van der Waals surface area contributed by atoms with Crippen molar-refractivity contribution in [2.24, 2.45) is 11.1 Å². The van der Waals surface area contributed by atoms with E-state index < -0.39 is 15.0 Å². The average Bonchev–Trinajstić information content (AvgIpc) is 2.08. The molecular weight excluding hydrogens is 208 g/mol. The van der Waals surface area contributed by atoms with Crippen molar-refractivity contribution in [3.05, 3.63) is 0 Å². The molecule has 2 unspecified atom stereocenters. The number of aliphatic hydroxyl groups excluding tert-OH is 1. The second-order valence-electron chi connectivity index (χ2n) is 5.46. The number of rotatable bonds is 3. The van der Waals surface area contributed by atoms with Crippen LogP contribution in [0.25, 0.3) is 0 Å². The van der Waals surface area contributed by atoms with Crippen LogP contribution in [0.2, 0.25) is 12.6 Å². The molecule has 0 aromatic rings. The summed E-state index contributed by atoms with van der Waals surface area (Å²) in [6.45, 7) is 8.60. The molecule has 0 aliphatic carbocycles. The molecule has 3 N–H and O–H groups in total. The minimum atomic E-state index is -0.886. The van der Waals surface area contributed by atoms with Gasteiger partial charge in [-0.3, -0.25) is 4.79 Å². The maximum atomic E-state index is 11.6. The highest BCUT2D eigenvalue weighted by atomic mass is 28.3. The summed E-state index contributed by atoms with van der Waals surface area (Å²) in [5.74, 6) is 0.00897. The van der Waals surface area contributed by atoms with Gasteiger partial charge in [0.25, 0.3) is 0 Å². The second kappa shape index (κ2) is 4.23. The zero-order valence-electron chi connectivity index (χ0n) is 9.95. The van der Waals surface area contributed by atoms with Crippen molar-refractivity contribution in [1.29, 1.82) is 0 Å². The third-order valence-electron chi connectivity index (χ3n) is 2.65. The summed E-state index contributed by atoms with van der Waals surface area (Å²) < 4.78 is 1.82. The summed E-state index contributed by atoms with van der Waals surface area (Å²) in [5.41, 5.74) is 5.86. The average molecular weight is 229 g/mol. The third kappa shape index (κ3) is 2.59. The number of hydrogen-bond acceptors (Lipinski definition) is 3. The Morgan fingerprint density at radius 1 is 1.53 bits per heavy atom. The topological polar surface area (TPSA) is 66.6 Å². The lowest BCUT2D eigenvalue weighted by Crippen LogP contribution is -2.73. The lowest BCUT2D eigenvalue weighted by molar-refractivity contribution is -0.142. The smallest absolute Gasteiger partial charge is 0.234 e. The first-order valence-electron chi connectivity index (χ1n) is 5.30. The normalized spacial score (nSPS) is 27.1. The zero-order valence-corrected chi connectivity index (χ0v) is 10.9. The summed E-state index contributed by atoms with van der Waals surface area (Å²) >= 11 is 0. The van der Waals surface area contributed by atoms with E-state index in [4.69, 9.17) is 10.8 Å². The molecule has 1 aliphatic rings. The summed E-state index contributed by atoms with van der Waals surface area (Å²) in [7, 11) is -0.886. The molecule has 1 radical (unpaired) electrons. The number of carbonyl (C=O) groups is 1. The maximum absolute atomic E-state index is 11.6. The molecule has 5 heteroatoms. The zero-order chi connectivity index (χ0) is 11.8. The Balaban J connectivity index is 2.60. The van der Waals surface area contributed by atoms with Crippen LogP contribution < -0.4 is 5.73 Å². The number of aliphatic hydroxyl groups is 1. The first-order chi connectivity index (χ1) is 6.78. The number of amides is 1. The number of hydrogen-bond donors (Lipinski definition) is 2. The SMILES string of the molecule is C[Si](CC(C)(C)C)N1C(=O)C(N)C1CO. The van der Waals surface area contributed by atoms with Crippen LogP contribution in [0.15, 0.2) is 0 Å². The second-order valence-corrected chi connectivity index (χ2v) is 7.76. The molecule has 1 amide bonds. The van der Waals surface area contributed by atoms with Crippen LogP contribution in [-0.2, 0) is 4.79 Å². The Hall–Kier alpha value is -0.393. The van der Waals surface area contributed by atoms with Gasteiger partial charge in [-0.15, -0.1) is 0 Å². The summed E-state index contributed by atoms with van der Waals surface area (Å²) in [4.78, 5) is 11.6. The van der Waals surface area contributed by atoms with Gasteiger partial charge in [-0.2, -0.15) is 0 Å². The predicted octanol–water partition coefficient (Wildman–Crippen LogP) is 0.184. The van der Waals surface area contributed by atoms with Crippen molar-refractivity contribution >= 4 is 14.9 Å². The fourth-order valence-electron chi connectivity index (χ4n) is 2.09. The highest BCUT2D eigenvalue weighted by Crippen LogP contribution is 2.28. The monoisotopic (exact) mass is 229 g/mol. The lowest BCUT2D eigenvalue weighted by Gasteiger charge is -2.48. The van der Waals surface area contributed by atoms with Gasteiger partial charge >= 0.3 is 0 Å². The van der Waals surface area contributed by atoms with Gasteiger partial charge < -0.3 is 15.4 Å². The quantitative estimate of drug-likeness (QED) is 0.536. The van der Waals surface area contributed by atoms with E-state index in [9.17, 15) is 4.79 Å². The molecule has 1 rings (SSSR count). The Morgan fingerprint density at radius 2 is 2.07 bits per heavy atom. The standard InChI is InChI=1S/C10H21N2O2Si/c1-10(2,3)6-15(4)12-7(5-13)8(11)9(12)14/h7-8,13H,5-6,11H2,1-4H3. The maximum Gasteiger partial charge on any atom is 0.234 e. The molecule has 0 bridgehead atoms. The van der Waals surface area contributed by atoms with E-state index in [0.717, 1.165) is 6.04 Å². The third-order valence-corrected chi connectivity index (χ3v) is 5.60. The van der Waals surface area contributed by atoms with Crippen LogP contribution in [0, 0.1) is 5.41 Å². The molecule has 1 aliphatic heterocycles. The molecule has 87 valence electrons. The van der Waals surface area contributed by atoms with Crippen molar-refractivity contribution in [2.45, 2.75) is 45.4 Å². The van der Waals surface area contributed by atoms with E-state index in [0.29, 0.717) is 0 Å². The van der Waals surface area contributed by atoms with Gasteiger partial charge in [0, 0.05) is 0 Å². The van der Waals surface area contributed by atoms with Crippen LogP contribution in [0.3, 0.4) is 0 Å².